The normalized spacial score (nSPS) is 14.5. The van der Waals surface area contributed by atoms with Crippen LogP contribution in [0.4, 0.5) is 10.5 Å². The van der Waals surface area contributed by atoms with E-state index < -0.39 is 0 Å². The van der Waals surface area contributed by atoms with Crippen LogP contribution in [0.2, 0.25) is 0 Å². The second-order valence-electron chi connectivity index (χ2n) is 7.70. The smallest absolute Gasteiger partial charge is 0.319 e. The molecule has 1 unspecified atom stereocenters. The fourth-order valence-corrected chi connectivity index (χ4v) is 3.59. The van der Waals surface area contributed by atoms with E-state index in [9.17, 15) is 14.7 Å². The molecule has 29 heavy (non-hydrogen) atoms. The molecule has 154 valence electrons. The summed E-state index contributed by atoms with van der Waals surface area (Å²) in [5.74, 6) is 0.221. The molecule has 0 aromatic heterocycles. The highest BCUT2D eigenvalue weighted by Gasteiger charge is 2.23. The van der Waals surface area contributed by atoms with Crippen LogP contribution in [0.25, 0.3) is 0 Å². The predicted octanol–water partition coefficient (Wildman–Crippen LogP) is 4.08. The van der Waals surface area contributed by atoms with Crippen molar-refractivity contribution < 1.29 is 14.7 Å². The monoisotopic (exact) mass is 395 g/mol. The largest absolute Gasteiger partial charge is 0.508 e. The van der Waals surface area contributed by atoms with Gasteiger partial charge in [-0.05, 0) is 68.9 Å². The van der Waals surface area contributed by atoms with Gasteiger partial charge in [-0.3, -0.25) is 4.79 Å². The highest BCUT2D eigenvalue weighted by Crippen LogP contribution is 2.24. The van der Waals surface area contributed by atoms with Gasteiger partial charge in [0.2, 0.25) is 0 Å². The summed E-state index contributed by atoms with van der Waals surface area (Å²) in [6.07, 6.45) is 3.62. The Balaban J connectivity index is 1.59. The van der Waals surface area contributed by atoms with Gasteiger partial charge in [0, 0.05) is 19.1 Å². The van der Waals surface area contributed by atoms with E-state index in [-0.39, 0.29) is 23.7 Å². The Hall–Kier alpha value is -3.02. The third-order valence-electron chi connectivity index (χ3n) is 5.31. The van der Waals surface area contributed by atoms with Crippen molar-refractivity contribution in [1.82, 2.24) is 10.2 Å². The van der Waals surface area contributed by atoms with Crippen molar-refractivity contribution in [3.05, 3.63) is 59.2 Å². The zero-order valence-corrected chi connectivity index (χ0v) is 17.1. The minimum absolute atomic E-state index is 0.0260. The molecule has 3 amide bonds. The van der Waals surface area contributed by atoms with Gasteiger partial charge in [0.15, 0.2) is 0 Å². The molecule has 1 aliphatic heterocycles. The van der Waals surface area contributed by atoms with Crippen molar-refractivity contribution in [3.63, 3.8) is 0 Å². The molecule has 1 fully saturated rings. The third kappa shape index (κ3) is 5.50. The van der Waals surface area contributed by atoms with Crippen LogP contribution in [0.3, 0.4) is 0 Å². The quantitative estimate of drug-likeness (QED) is 0.689. The molecule has 1 saturated heterocycles. The topological polar surface area (TPSA) is 81.7 Å². The molecule has 1 heterocycles. The number of carbonyl (C=O) groups excluding carboxylic acids is 2. The van der Waals surface area contributed by atoms with E-state index in [1.54, 1.807) is 18.2 Å². The van der Waals surface area contributed by atoms with Crippen LogP contribution < -0.4 is 10.6 Å². The van der Waals surface area contributed by atoms with E-state index in [2.05, 4.69) is 10.6 Å². The molecule has 6 nitrogen and oxygen atoms in total. The molecule has 6 heteroatoms. The van der Waals surface area contributed by atoms with Crippen LogP contribution in [0.1, 0.15) is 47.7 Å². The summed E-state index contributed by atoms with van der Waals surface area (Å²) >= 11 is 0. The molecule has 0 saturated carbocycles. The molecule has 3 N–H and O–H groups in total. The van der Waals surface area contributed by atoms with Gasteiger partial charge in [-0.2, -0.15) is 0 Å². The van der Waals surface area contributed by atoms with Gasteiger partial charge in [-0.1, -0.05) is 24.3 Å². The SMILES string of the molecule is Cc1cccc(C(=O)N2CCCC2)c1NC(=O)NC(C)CCc1ccc(O)cc1. The fourth-order valence-electron chi connectivity index (χ4n) is 3.59. The first-order valence-corrected chi connectivity index (χ1v) is 10.2. The first-order chi connectivity index (χ1) is 13.9. The lowest BCUT2D eigenvalue weighted by atomic mass is 10.1. The van der Waals surface area contributed by atoms with E-state index in [0.29, 0.717) is 11.3 Å². The van der Waals surface area contributed by atoms with Crippen LogP contribution in [0.5, 0.6) is 5.75 Å². The van der Waals surface area contributed by atoms with Crippen molar-refractivity contribution in [3.8, 4) is 5.75 Å². The maximum atomic E-state index is 12.8. The van der Waals surface area contributed by atoms with Gasteiger partial charge in [0.05, 0.1) is 11.3 Å². The Morgan fingerprint density at radius 3 is 2.48 bits per heavy atom. The Bertz CT molecular complexity index is 858. The van der Waals surface area contributed by atoms with Gasteiger partial charge < -0.3 is 20.6 Å². The average molecular weight is 396 g/mol. The number of nitrogens with one attached hydrogen (secondary N) is 2. The number of urea groups is 1. The number of nitrogens with zero attached hydrogens (tertiary/aromatic N) is 1. The van der Waals surface area contributed by atoms with Crippen LogP contribution in [0, 0.1) is 6.92 Å². The molecule has 2 aromatic carbocycles. The highest BCUT2D eigenvalue weighted by molar-refractivity contribution is 6.04. The summed E-state index contributed by atoms with van der Waals surface area (Å²) in [4.78, 5) is 27.2. The van der Waals surface area contributed by atoms with Crippen LogP contribution in [0.15, 0.2) is 42.5 Å². The van der Waals surface area contributed by atoms with E-state index in [0.717, 1.165) is 49.9 Å². The Morgan fingerprint density at radius 2 is 1.79 bits per heavy atom. The minimum atomic E-state index is -0.312. The number of hydrogen-bond donors (Lipinski definition) is 3. The number of likely N-dealkylation sites (tertiary alicyclic amines) is 1. The Morgan fingerprint density at radius 1 is 1.10 bits per heavy atom. The molecule has 1 aliphatic rings. The van der Waals surface area contributed by atoms with Gasteiger partial charge in [-0.25, -0.2) is 4.79 Å². The second-order valence-corrected chi connectivity index (χ2v) is 7.70. The minimum Gasteiger partial charge on any atom is -0.508 e. The number of anilines is 1. The second kappa shape index (κ2) is 9.45. The highest BCUT2D eigenvalue weighted by atomic mass is 16.3. The number of phenolic OH excluding ortho intramolecular Hbond substituents is 1. The lowest BCUT2D eigenvalue weighted by molar-refractivity contribution is 0.0793. The summed E-state index contributed by atoms with van der Waals surface area (Å²) in [5, 5.41) is 15.2. The molecule has 2 aromatic rings. The first-order valence-electron chi connectivity index (χ1n) is 10.2. The van der Waals surface area contributed by atoms with E-state index >= 15 is 0 Å². The Labute approximate surface area is 171 Å². The number of hydrogen-bond acceptors (Lipinski definition) is 3. The molecule has 1 atom stereocenters. The molecular formula is C23H29N3O3. The maximum Gasteiger partial charge on any atom is 0.319 e. The van der Waals surface area contributed by atoms with Crippen LogP contribution >= 0.6 is 0 Å². The van der Waals surface area contributed by atoms with Gasteiger partial charge >= 0.3 is 6.03 Å². The molecule has 3 rings (SSSR count). The van der Waals surface area contributed by atoms with Crippen molar-refractivity contribution in [1.29, 1.82) is 0 Å². The summed E-state index contributed by atoms with van der Waals surface area (Å²) in [6.45, 7) is 5.39. The number of benzene rings is 2. The number of phenols is 1. The van der Waals surface area contributed by atoms with E-state index in [1.165, 1.54) is 0 Å². The number of carbonyl (C=O) groups is 2. The number of aryl methyl sites for hydroxylation is 2. The standard InChI is InChI=1S/C23H29N3O3/c1-16-6-5-7-20(22(28)26-14-3-4-15-26)21(16)25-23(29)24-17(2)8-9-18-10-12-19(27)13-11-18/h5-7,10-13,17,27H,3-4,8-9,14-15H2,1-2H3,(H2,24,25,29). The maximum absolute atomic E-state index is 12.8. The summed E-state index contributed by atoms with van der Waals surface area (Å²) in [5.41, 5.74) is 3.09. The molecule has 0 aliphatic carbocycles. The fraction of sp³-hybridized carbons (Fsp3) is 0.391. The van der Waals surface area contributed by atoms with Crippen molar-refractivity contribution in [2.45, 2.75) is 45.6 Å². The van der Waals surface area contributed by atoms with E-state index in [4.69, 9.17) is 0 Å². The Kier molecular flexibility index (Phi) is 6.75. The number of amides is 3. The van der Waals surface area contributed by atoms with Gasteiger partial charge in [-0.15, -0.1) is 0 Å². The molecular weight excluding hydrogens is 366 g/mol. The lowest BCUT2D eigenvalue weighted by Crippen LogP contribution is -2.37. The molecule has 0 bridgehead atoms. The summed E-state index contributed by atoms with van der Waals surface area (Å²) in [6, 6.07) is 12.3. The van der Waals surface area contributed by atoms with Crippen molar-refractivity contribution in [2.75, 3.05) is 18.4 Å². The number of aromatic hydroxyl groups is 1. The summed E-state index contributed by atoms with van der Waals surface area (Å²) in [7, 11) is 0. The average Bonchev–Trinajstić information content (AvgIpc) is 3.23. The summed E-state index contributed by atoms with van der Waals surface area (Å²) < 4.78 is 0. The van der Waals surface area contributed by atoms with E-state index in [1.807, 2.05) is 43.0 Å². The molecule has 0 radical (unpaired) electrons. The third-order valence-corrected chi connectivity index (χ3v) is 5.31. The zero-order valence-electron chi connectivity index (χ0n) is 17.1. The van der Waals surface area contributed by atoms with Crippen LogP contribution in [-0.2, 0) is 6.42 Å². The van der Waals surface area contributed by atoms with Crippen molar-refractivity contribution >= 4 is 17.6 Å². The van der Waals surface area contributed by atoms with Crippen LogP contribution in [-0.4, -0.2) is 41.1 Å². The zero-order chi connectivity index (χ0) is 20.8. The number of rotatable bonds is 6. The lowest BCUT2D eigenvalue weighted by Gasteiger charge is -2.20. The molecule has 0 spiro atoms. The van der Waals surface area contributed by atoms with Gasteiger partial charge in [0.25, 0.3) is 5.91 Å². The first kappa shape index (κ1) is 20.7. The number of para-hydroxylation sites is 1. The predicted molar refractivity (Wildman–Crippen MR) is 114 cm³/mol. The van der Waals surface area contributed by atoms with Crippen molar-refractivity contribution in [2.24, 2.45) is 0 Å². The van der Waals surface area contributed by atoms with Gasteiger partial charge in [0.1, 0.15) is 5.75 Å².